The van der Waals surface area contributed by atoms with Gasteiger partial charge in [0.1, 0.15) is 5.60 Å². The first kappa shape index (κ1) is 23.2. The van der Waals surface area contributed by atoms with Gasteiger partial charge in [0.05, 0.1) is 18.7 Å². The maximum absolute atomic E-state index is 12.6. The smallest absolute Gasteiger partial charge is 0.417 e. The lowest BCUT2D eigenvalue weighted by molar-refractivity contribution is 0.0571. The Balaban J connectivity index is 2.98. The minimum atomic E-state index is -1.94. The van der Waals surface area contributed by atoms with E-state index in [1.807, 2.05) is 0 Å². The Kier molecular flexibility index (Phi) is 7.29. The third kappa shape index (κ3) is 7.02. The van der Waals surface area contributed by atoms with E-state index in [-0.39, 0.29) is 23.3 Å². The van der Waals surface area contributed by atoms with E-state index in [1.165, 1.54) is 24.2 Å². The first-order valence-electron chi connectivity index (χ1n) is 9.11. The third-order valence-corrected chi connectivity index (χ3v) is 9.02. The molecule has 0 aromatic carbocycles. The summed E-state index contributed by atoms with van der Waals surface area (Å²) in [5, 5.41) is 0.0728. The van der Waals surface area contributed by atoms with E-state index >= 15 is 0 Å². The number of aromatic nitrogens is 2. The van der Waals surface area contributed by atoms with Gasteiger partial charge in [0.15, 0.2) is 14.1 Å². The Bertz CT molecular complexity index is 661. The fraction of sp³-hybridized carbons (Fsp3) is 0.684. The number of ketones is 1. The van der Waals surface area contributed by atoms with Gasteiger partial charge in [0.2, 0.25) is 5.95 Å². The van der Waals surface area contributed by atoms with Gasteiger partial charge in [0.25, 0.3) is 0 Å². The Morgan fingerprint density at radius 1 is 1.07 bits per heavy atom. The van der Waals surface area contributed by atoms with Crippen molar-refractivity contribution in [2.45, 2.75) is 72.2 Å². The molecule has 0 aliphatic rings. The van der Waals surface area contributed by atoms with Gasteiger partial charge in [-0.25, -0.2) is 19.7 Å². The van der Waals surface area contributed by atoms with E-state index in [0.717, 1.165) is 0 Å². The van der Waals surface area contributed by atoms with Crippen LogP contribution in [0.25, 0.3) is 0 Å². The highest BCUT2D eigenvalue weighted by Gasteiger charge is 2.37. The number of carbonyl (C=O) groups is 2. The van der Waals surface area contributed by atoms with Crippen molar-refractivity contribution in [1.29, 1.82) is 0 Å². The summed E-state index contributed by atoms with van der Waals surface area (Å²) in [5.74, 6) is 0.0553. The molecule has 8 heteroatoms. The maximum Gasteiger partial charge on any atom is 0.417 e. The van der Waals surface area contributed by atoms with Crippen LogP contribution >= 0.6 is 0 Å². The van der Waals surface area contributed by atoms with Crippen LogP contribution in [0.15, 0.2) is 12.4 Å². The van der Waals surface area contributed by atoms with Crippen molar-refractivity contribution < 1.29 is 18.8 Å². The van der Waals surface area contributed by atoms with Gasteiger partial charge in [-0.3, -0.25) is 4.79 Å². The summed E-state index contributed by atoms with van der Waals surface area (Å²) >= 11 is 0. The van der Waals surface area contributed by atoms with Crippen LogP contribution in [0, 0.1) is 0 Å². The lowest BCUT2D eigenvalue weighted by Crippen LogP contribution is -2.45. The zero-order valence-corrected chi connectivity index (χ0v) is 19.0. The Morgan fingerprint density at radius 2 is 1.59 bits per heavy atom. The summed E-state index contributed by atoms with van der Waals surface area (Å²) in [4.78, 5) is 33.7. The number of Topliss-reactive ketones (excluding diaryl/α,β-unsaturated/α-hetero) is 1. The van der Waals surface area contributed by atoms with Crippen LogP contribution in [-0.4, -0.2) is 48.9 Å². The van der Waals surface area contributed by atoms with E-state index in [0.29, 0.717) is 12.2 Å². The van der Waals surface area contributed by atoms with Crippen molar-refractivity contribution in [2.75, 3.05) is 18.1 Å². The Labute approximate surface area is 163 Å². The van der Waals surface area contributed by atoms with Crippen molar-refractivity contribution in [3.63, 3.8) is 0 Å². The molecule has 0 saturated heterocycles. The fourth-order valence-electron chi connectivity index (χ4n) is 1.84. The van der Waals surface area contributed by atoms with Crippen LogP contribution < -0.4 is 4.90 Å². The van der Waals surface area contributed by atoms with Crippen molar-refractivity contribution in [2.24, 2.45) is 0 Å². The first-order valence-corrected chi connectivity index (χ1v) is 12.0. The number of anilines is 1. The maximum atomic E-state index is 12.6. The molecule has 0 saturated carbocycles. The standard InChI is InChI=1S/C19H33N3O4Si/c1-14(23)15-12-20-16(21-13-15)22(17(24)26-18(2,3)4)10-11-25-27(8,9)19(5,6)7/h12-13H,10-11H2,1-9H3. The molecule has 0 spiro atoms. The number of carbonyl (C=O) groups excluding carboxylic acids is 2. The van der Waals surface area contributed by atoms with Crippen molar-refractivity contribution in [3.05, 3.63) is 18.0 Å². The second-order valence-electron chi connectivity index (χ2n) is 9.07. The number of amides is 1. The Hall–Kier alpha value is -1.80. The van der Waals surface area contributed by atoms with E-state index in [9.17, 15) is 9.59 Å². The number of hydrogen-bond acceptors (Lipinski definition) is 6. The highest BCUT2D eigenvalue weighted by atomic mass is 28.4. The monoisotopic (exact) mass is 395 g/mol. The summed E-state index contributed by atoms with van der Waals surface area (Å²) in [7, 11) is -1.94. The number of ether oxygens (including phenoxy) is 1. The van der Waals surface area contributed by atoms with Crippen LogP contribution in [0.3, 0.4) is 0 Å². The molecule has 0 fully saturated rings. The van der Waals surface area contributed by atoms with Crippen LogP contribution in [0.4, 0.5) is 10.7 Å². The van der Waals surface area contributed by atoms with Gasteiger partial charge in [-0.05, 0) is 45.8 Å². The van der Waals surface area contributed by atoms with Crippen LogP contribution in [-0.2, 0) is 9.16 Å². The molecule has 1 heterocycles. The van der Waals surface area contributed by atoms with Gasteiger partial charge in [0, 0.05) is 12.4 Å². The normalized spacial score (nSPS) is 12.6. The van der Waals surface area contributed by atoms with E-state index in [1.54, 1.807) is 20.8 Å². The quantitative estimate of drug-likeness (QED) is 0.523. The molecule has 0 atom stereocenters. The molecule has 1 rings (SSSR count). The predicted octanol–water partition coefficient (Wildman–Crippen LogP) is 4.44. The van der Waals surface area contributed by atoms with Gasteiger partial charge >= 0.3 is 6.09 Å². The number of rotatable bonds is 6. The third-order valence-electron chi connectivity index (χ3n) is 4.48. The molecule has 0 N–H and O–H groups in total. The molecule has 0 aliphatic heterocycles. The Morgan fingerprint density at radius 3 is 2.00 bits per heavy atom. The first-order chi connectivity index (χ1) is 12.1. The summed E-state index contributed by atoms with van der Waals surface area (Å²) in [6.45, 7) is 18.3. The zero-order chi connectivity index (χ0) is 21.0. The van der Waals surface area contributed by atoms with Crippen molar-refractivity contribution in [3.8, 4) is 0 Å². The van der Waals surface area contributed by atoms with Crippen molar-refractivity contribution >= 4 is 26.1 Å². The highest BCUT2D eigenvalue weighted by Crippen LogP contribution is 2.36. The van der Waals surface area contributed by atoms with Gasteiger partial charge in [-0.2, -0.15) is 0 Å². The second kappa shape index (κ2) is 8.47. The molecule has 0 aliphatic carbocycles. The average Bonchev–Trinajstić information content (AvgIpc) is 2.48. The molecule has 152 valence electrons. The largest absolute Gasteiger partial charge is 0.443 e. The van der Waals surface area contributed by atoms with Gasteiger partial charge in [-0.1, -0.05) is 20.8 Å². The van der Waals surface area contributed by atoms with E-state index in [4.69, 9.17) is 9.16 Å². The summed E-state index contributed by atoms with van der Waals surface area (Å²) < 4.78 is 11.6. The highest BCUT2D eigenvalue weighted by molar-refractivity contribution is 6.74. The summed E-state index contributed by atoms with van der Waals surface area (Å²) in [6, 6.07) is 0. The predicted molar refractivity (Wildman–Crippen MR) is 109 cm³/mol. The summed E-state index contributed by atoms with van der Waals surface area (Å²) in [6.07, 6.45) is 2.28. The molecule has 1 aromatic heterocycles. The molecule has 1 amide bonds. The summed E-state index contributed by atoms with van der Waals surface area (Å²) in [5.41, 5.74) is -0.255. The average molecular weight is 396 g/mol. The fourth-order valence-corrected chi connectivity index (χ4v) is 2.88. The lowest BCUT2D eigenvalue weighted by Gasteiger charge is -2.36. The van der Waals surface area contributed by atoms with E-state index in [2.05, 4.69) is 43.8 Å². The molecule has 1 aromatic rings. The minimum absolute atomic E-state index is 0.0728. The van der Waals surface area contributed by atoms with Gasteiger partial charge < -0.3 is 9.16 Å². The molecule has 27 heavy (non-hydrogen) atoms. The number of hydrogen-bond donors (Lipinski definition) is 0. The topological polar surface area (TPSA) is 81.6 Å². The van der Waals surface area contributed by atoms with Crippen LogP contribution in [0.1, 0.15) is 58.8 Å². The molecule has 0 bridgehead atoms. The molecule has 0 unspecified atom stereocenters. The minimum Gasteiger partial charge on any atom is -0.443 e. The van der Waals surface area contributed by atoms with E-state index < -0.39 is 20.0 Å². The lowest BCUT2D eigenvalue weighted by atomic mass is 10.2. The van der Waals surface area contributed by atoms with Crippen molar-refractivity contribution in [1.82, 2.24) is 9.97 Å². The SMILES string of the molecule is CC(=O)c1cnc(N(CCO[Si](C)(C)C(C)(C)C)C(=O)OC(C)(C)C)nc1. The molecule has 7 nitrogen and oxygen atoms in total. The second-order valence-corrected chi connectivity index (χ2v) is 13.9. The molecular formula is C19H33N3O4Si. The zero-order valence-electron chi connectivity index (χ0n) is 18.0. The van der Waals surface area contributed by atoms with Gasteiger partial charge in [-0.15, -0.1) is 0 Å². The number of nitrogens with zero attached hydrogens (tertiary/aromatic N) is 3. The molecular weight excluding hydrogens is 362 g/mol. The van der Waals surface area contributed by atoms with Crippen LogP contribution in [0.5, 0.6) is 0 Å². The van der Waals surface area contributed by atoms with Crippen LogP contribution in [0.2, 0.25) is 18.1 Å². The molecule has 0 radical (unpaired) electrons.